The van der Waals surface area contributed by atoms with Crippen LogP contribution in [0.15, 0.2) is 30.0 Å². The number of thiol groups is 1. The zero-order chi connectivity index (χ0) is 31.9. The molecule has 0 saturated carbocycles. The molecule has 242 valence electrons. The Labute approximate surface area is 259 Å². The Balaban J connectivity index is 1.26. The number of ether oxygens (including phenoxy) is 2. The summed E-state index contributed by atoms with van der Waals surface area (Å²) in [6, 6.07) is 0. The number of aliphatic hydroxyl groups is 1. The van der Waals surface area contributed by atoms with Crippen LogP contribution >= 0.6 is 25.8 Å². The molecule has 45 heavy (non-hydrogen) atoms. The molecular formula is C21H22F2N8O10P2S2. The third-order valence-electron chi connectivity index (χ3n) is 7.53. The summed E-state index contributed by atoms with van der Waals surface area (Å²) < 4.78 is 80.3. The number of hydrogen-bond acceptors (Lipinski definition) is 15. The second-order valence-electron chi connectivity index (χ2n) is 10.2. The monoisotopic (exact) mass is 710 g/mol. The van der Waals surface area contributed by atoms with Crippen LogP contribution in [0.4, 0.5) is 14.6 Å². The number of imidazole rings is 1. The number of aliphatic hydroxyl groups excluding tert-OH is 1. The number of nitrogen functional groups attached to an aromatic ring is 1. The van der Waals surface area contributed by atoms with Crippen LogP contribution in [0.5, 0.6) is 0 Å². The van der Waals surface area contributed by atoms with E-state index in [1.165, 1.54) is 10.9 Å². The highest BCUT2D eigenvalue weighted by Crippen LogP contribution is 2.59. The maximum atomic E-state index is 16.0. The summed E-state index contributed by atoms with van der Waals surface area (Å²) in [5.74, 6) is -1.00. The number of nitrogens with two attached hydrogens (primary N) is 1. The SMILES string of the molecule is Nc1ncnc2c1ncn2[C@@H]1OC2COP(O)(=S)O[C@]3(n4cc(F)c5c(=O)[nH]cnc54)CO[C@H](COP(=O)(S)O[C@H]2[C@H]1F)[C@H]3O. The van der Waals surface area contributed by atoms with Crippen molar-refractivity contribution < 1.29 is 50.9 Å². The number of alkyl halides is 1. The highest BCUT2D eigenvalue weighted by molar-refractivity contribution is 8.44. The number of hydrogen-bond donors (Lipinski definition) is 5. The minimum Gasteiger partial charge on any atom is -0.385 e. The predicted octanol–water partition coefficient (Wildman–Crippen LogP) is 0.637. The molecule has 4 aromatic rings. The van der Waals surface area contributed by atoms with Gasteiger partial charge < -0.3 is 34.7 Å². The van der Waals surface area contributed by atoms with E-state index in [1.54, 1.807) is 0 Å². The van der Waals surface area contributed by atoms with Gasteiger partial charge >= 0.3 is 13.5 Å². The van der Waals surface area contributed by atoms with Gasteiger partial charge in [-0.1, -0.05) is 12.2 Å². The minimum absolute atomic E-state index is 0.0313. The molecular weight excluding hydrogens is 688 g/mol. The standard InChI is InChI=1S/C21H22F2N8O10P2S2/c22-8-1-31(17-11(8)19(33)28-6-26-17)21-4-36-10(15(21)32)3-37-42(34,44)40-14-9(2-38-43(35,45)41-21)39-20(12(14)23)30-7-29-13-16(24)25-5-27-18(13)30/h1,5-7,9-10,12,14-15,20,32H,2-4H2,(H,34,44)(H,35,45)(H2,24,25,27)(H,26,28,33)/t9?,10-,12-,14-,15-,20-,21-,42?,43?/m1/s1. The van der Waals surface area contributed by atoms with Gasteiger partial charge in [0.1, 0.15) is 41.6 Å². The third-order valence-corrected chi connectivity index (χ3v) is 10.7. The molecule has 7 rings (SSSR count). The van der Waals surface area contributed by atoms with Crippen LogP contribution in [0.1, 0.15) is 6.23 Å². The van der Waals surface area contributed by atoms with Gasteiger partial charge in [0.2, 0.25) is 5.72 Å². The first-order chi connectivity index (χ1) is 21.3. The normalized spacial score (nSPS) is 37.7. The number of H-pyrrole nitrogens is 1. The van der Waals surface area contributed by atoms with E-state index in [0.29, 0.717) is 0 Å². The van der Waals surface area contributed by atoms with Crippen molar-refractivity contribution in [3.05, 3.63) is 41.3 Å². The van der Waals surface area contributed by atoms with E-state index < -0.39 is 92.6 Å². The van der Waals surface area contributed by atoms with Gasteiger partial charge in [-0.05, 0) is 11.8 Å². The van der Waals surface area contributed by atoms with Crippen LogP contribution in [0, 0.1) is 5.82 Å². The zero-order valence-corrected chi connectivity index (χ0v) is 25.8. The Morgan fingerprint density at radius 1 is 1.20 bits per heavy atom. The van der Waals surface area contributed by atoms with Crippen molar-refractivity contribution in [2.24, 2.45) is 0 Å². The quantitative estimate of drug-likeness (QED) is 0.142. The van der Waals surface area contributed by atoms with Gasteiger partial charge in [-0.2, -0.15) is 0 Å². The summed E-state index contributed by atoms with van der Waals surface area (Å²) in [7, 11) is 0. The van der Waals surface area contributed by atoms with Gasteiger partial charge in [-0.15, -0.1) is 0 Å². The Bertz CT molecular complexity index is 1970. The van der Waals surface area contributed by atoms with Gasteiger partial charge in [-0.25, -0.2) is 33.3 Å². The summed E-state index contributed by atoms with van der Waals surface area (Å²) in [5.41, 5.74) is 2.76. The van der Waals surface area contributed by atoms with Crippen molar-refractivity contribution >= 4 is 65.6 Å². The van der Waals surface area contributed by atoms with Crippen molar-refractivity contribution in [1.82, 2.24) is 34.1 Å². The van der Waals surface area contributed by atoms with E-state index in [4.69, 9.17) is 45.1 Å². The predicted molar refractivity (Wildman–Crippen MR) is 154 cm³/mol. The first-order valence-corrected chi connectivity index (χ1v) is 18.2. The van der Waals surface area contributed by atoms with E-state index >= 15 is 4.39 Å². The number of halogens is 2. The Morgan fingerprint density at radius 3 is 2.78 bits per heavy atom. The van der Waals surface area contributed by atoms with E-state index in [1.807, 2.05) is 0 Å². The lowest BCUT2D eigenvalue weighted by Gasteiger charge is -2.36. The van der Waals surface area contributed by atoms with Crippen molar-refractivity contribution in [1.29, 1.82) is 0 Å². The number of rotatable bonds is 2. The molecule has 5 N–H and O–H groups in total. The smallest absolute Gasteiger partial charge is 0.385 e. The molecule has 0 aliphatic carbocycles. The number of aromatic nitrogens is 7. The topological polar surface area (TPSA) is 233 Å². The Hall–Kier alpha value is -2.46. The fourth-order valence-electron chi connectivity index (χ4n) is 5.46. The van der Waals surface area contributed by atoms with Crippen LogP contribution in [0.3, 0.4) is 0 Å². The van der Waals surface area contributed by atoms with Crippen molar-refractivity contribution in [2.75, 3.05) is 25.6 Å². The molecule has 0 spiro atoms. The summed E-state index contributed by atoms with van der Waals surface area (Å²) in [6.45, 7) is -10.9. The molecule has 2 bridgehead atoms. The van der Waals surface area contributed by atoms with E-state index in [0.717, 1.165) is 23.4 Å². The van der Waals surface area contributed by atoms with Crippen LogP contribution < -0.4 is 11.3 Å². The molecule has 7 heterocycles. The third kappa shape index (κ3) is 5.22. The highest BCUT2D eigenvalue weighted by Gasteiger charge is 2.57. The molecule has 0 aromatic carbocycles. The van der Waals surface area contributed by atoms with Crippen molar-refractivity contribution in [2.45, 2.75) is 42.5 Å². The van der Waals surface area contributed by atoms with Crippen LogP contribution in [-0.2, 0) is 49.7 Å². The maximum Gasteiger partial charge on any atom is 0.386 e. The van der Waals surface area contributed by atoms with Crippen molar-refractivity contribution in [3.8, 4) is 0 Å². The Morgan fingerprint density at radius 2 is 1.98 bits per heavy atom. The van der Waals surface area contributed by atoms with Crippen LogP contribution in [-0.4, -0.2) is 94.5 Å². The van der Waals surface area contributed by atoms with Crippen LogP contribution in [0.25, 0.3) is 22.2 Å². The largest absolute Gasteiger partial charge is 0.386 e. The molecule has 18 nitrogen and oxygen atoms in total. The molecule has 24 heteroatoms. The van der Waals surface area contributed by atoms with Crippen molar-refractivity contribution in [3.63, 3.8) is 0 Å². The molecule has 9 atom stereocenters. The fraction of sp³-hybridized carbons (Fsp3) is 0.476. The summed E-state index contributed by atoms with van der Waals surface area (Å²) in [5, 5.41) is 10.9. The maximum absolute atomic E-state index is 16.0. The summed E-state index contributed by atoms with van der Waals surface area (Å²) in [4.78, 5) is 41.8. The van der Waals surface area contributed by atoms with Gasteiger partial charge in [0.05, 0.1) is 32.5 Å². The summed E-state index contributed by atoms with van der Waals surface area (Å²) >= 11 is 9.22. The molecule has 3 aliphatic rings. The number of fused-ring (bicyclic) bond motifs is 5. The molecule has 4 aromatic heterocycles. The van der Waals surface area contributed by atoms with Gasteiger partial charge in [0, 0.05) is 6.20 Å². The lowest BCUT2D eigenvalue weighted by Crippen LogP contribution is -2.48. The summed E-state index contributed by atoms with van der Waals surface area (Å²) in [6.07, 6.45) is -5.68. The lowest BCUT2D eigenvalue weighted by molar-refractivity contribution is -0.100. The number of nitrogens with one attached hydrogen (secondary N) is 1. The molecule has 0 amide bonds. The number of anilines is 1. The second kappa shape index (κ2) is 11.1. The molecule has 0 radical (unpaired) electrons. The number of aromatic amines is 1. The fourth-order valence-corrected chi connectivity index (χ4v) is 8.55. The average molecular weight is 711 g/mol. The van der Waals surface area contributed by atoms with E-state index in [-0.39, 0.29) is 22.6 Å². The molecule has 3 saturated heterocycles. The van der Waals surface area contributed by atoms with Gasteiger partial charge in [0.15, 0.2) is 35.3 Å². The average Bonchev–Trinajstić information content (AvgIpc) is 3.72. The zero-order valence-electron chi connectivity index (χ0n) is 22.3. The molecule has 3 fully saturated rings. The van der Waals surface area contributed by atoms with Crippen LogP contribution in [0.2, 0.25) is 0 Å². The second-order valence-corrected chi connectivity index (χ2v) is 15.8. The highest BCUT2D eigenvalue weighted by atomic mass is 32.7. The van der Waals surface area contributed by atoms with Gasteiger partial charge in [0.25, 0.3) is 5.56 Å². The first kappa shape index (κ1) is 31.2. The molecule has 3 unspecified atom stereocenters. The molecule has 3 aliphatic heterocycles. The minimum atomic E-state index is -4.48. The number of nitrogens with zero attached hydrogens (tertiary/aromatic N) is 6. The first-order valence-electron chi connectivity index (χ1n) is 12.9. The van der Waals surface area contributed by atoms with E-state index in [2.05, 4.69) is 37.2 Å². The van der Waals surface area contributed by atoms with Gasteiger partial charge in [-0.3, -0.25) is 27.5 Å². The lowest BCUT2D eigenvalue weighted by atomic mass is 10.1. The van der Waals surface area contributed by atoms with E-state index in [9.17, 15) is 23.7 Å². The Kier molecular flexibility index (Phi) is 7.66.